The van der Waals surface area contributed by atoms with Gasteiger partial charge in [-0.1, -0.05) is 35.4 Å². The van der Waals surface area contributed by atoms with Crippen molar-refractivity contribution in [2.45, 2.75) is 6.92 Å². The highest BCUT2D eigenvalue weighted by molar-refractivity contribution is 7.80. The molecule has 1 amide bonds. The van der Waals surface area contributed by atoms with Crippen molar-refractivity contribution in [3.63, 3.8) is 0 Å². The molecule has 3 nitrogen and oxygen atoms in total. The van der Waals surface area contributed by atoms with Crippen LogP contribution in [0.5, 0.6) is 0 Å². The summed E-state index contributed by atoms with van der Waals surface area (Å²) in [6.07, 6.45) is 0. The van der Waals surface area contributed by atoms with E-state index in [0.29, 0.717) is 11.3 Å². The van der Waals surface area contributed by atoms with Gasteiger partial charge in [-0.2, -0.15) is 0 Å². The fraction of sp³-hybridized carbons (Fsp3) is 0.0667. The van der Waals surface area contributed by atoms with Gasteiger partial charge in [-0.05, 0) is 37.3 Å². The summed E-state index contributed by atoms with van der Waals surface area (Å²) in [6, 6.07) is 9.07. The standard InChI is InChI=1S/C15H12ClFN2OS/c1-8-2-4-12(17)10(6-8)15(20)19-13-5-3-9(14(18)21)7-11(13)16/h2-7H,1H3,(H2,18,21)(H,19,20). The zero-order valence-electron chi connectivity index (χ0n) is 11.1. The molecule has 0 atom stereocenters. The highest BCUT2D eigenvalue weighted by Gasteiger charge is 2.14. The quantitative estimate of drug-likeness (QED) is 0.848. The lowest BCUT2D eigenvalue weighted by atomic mass is 10.1. The Balaban J connectivity index is 2.27. The summed E-state index contributed by atoms with van der Waals surface area (Å²) >= 11 is 10.9. The number of rotatable bonds is 3. The molecule has 2 aromatic carbocycles. The van der Waals surface area contributed by atoms with Crippen LogP contribution in [0.15, 0.2) is 36.4 Å². The Kier molecular flexibility index (Phi) is 4.55. The summed E-state index contributed by atoms with van der Waals surface area (Å²) in [4.78, 5) is 12.3. The van der Waals surface area contributed by atoms with Gasteiger partial charge in [0.05, 0.1) is 16.3 Å². The molecule has 0 saturated heterocycles. The van der Waals surface area contributed by atoms with Crippen LogP contribution in [0.2, 0.25) is 5.02 Å². The summed E-state index contributed by atoms with van der Waals surface area (Å²) in [5, 5.41) is 2.85. The monoisotopic (exact) mass is 322 g/mol. The van der Waals surface area contributed by atoms with Crippen molar-refractivity contribution >= 4 is 40.4 Å². The highest BCUT2D eigenvalue weighted by Crippen LogP contribution is 2.24. The number of carbonyl (C=O) groups excluding carboxylic acids is 1. The van der Waals surface area contributed by atoms with E-state index in [-0.39, 0.29) is 15.6 Å². The third kappa shape index (κ3) is 3.56. The number of aryl methyl sites for hydroxylation is 1. The van der Waals surface area contributed by atoms with E-state index in [4.69, 9.17) is 29.6 Å². The third-order valence-corrected chi connectivity index (χ3v) is 3.42. The van der Waals surface area contributed by atoms with Crippen LogP contribution in [0.25, 0.3) is 0 Å². The van der Waals surface area contributed by atoms with Crippen molar-refractivity contribution in [1.29, 1.82) is 0 Å². The van der Waals surface area contributed by atoms with E-state index in [1.807, 2.05) is 0 Å². The minimum Gasteiger partial charge on any atom is -0.389 e. The van der Waals surface area contributed by atoms with Gasteiger partial charge in [-0.15, -0.1) is 0 Å². The summed E-state index contributed by atoms with van der Waals surface area (Å²) in [7, 11) is 0. The Hall–Kier alpha value is -1.98. The van der Waals surface area contributed by atoms with Gasteiger partial charge >= 0.3 is 0 Å². The van der Waals surface area contributed by atoms with Crippen LogP contribution < -0.4 is 11.1 Å². The van der Waals surface area contributed by atoms with E-state index in [1.54, 1.807) is 31.2 Å². The van der Waals surface area contributed by atoms with Gasteiger partial charge < -0.3 is 11.1 Å². The lowest BCUT2D eigenvalue weighted by Gasteiger charge is -2.09. The minimum absolute atomic E-state index is 0.0375. The number of benzene rings is 2. The maximum Gasteiger partial charge on any atom is 0.258 e. The molecule has 108 valence electrons. The first-order valence-electron chi connectivity index (χ1n) is 6.05. The average Bonchev–Trinajstić information content (AvgIpc) is 2.43. The number of hydrogen-bond donors (Lipinski definition) is 2. The first kappa shape index (κ1) is 15.4. The molecule has 0 aliphatic heterocycles. The number of halogens is 2. The van der Waals surface area contributed by atoms with Gasteiger partial charge in [0.1, 0.15) is 10.8 Å². The van der Waals surface area contributed by atoms with Crippen LogP contribution in [0.4, 0.5) is 10.1 Å². The second kappa shape index (κ2) is 6.20. The predicted octanol–water partition coefficient (Wildman–Crippen LogP) is 3.67. The summed E-state index contributed by atoms with van der Waals surface area (Å²) in [5.74, 6) is -1.16. The zero-order chi connectivity index (χ0) is 15.6. The number of hydrogen-bond acceptors (Lipinski definition) is 2. The fourth-order valence-corrected chi connectivity index (χ4v) is 2.13. The third-order valence-electron chi connectivity index (χ3n) is 2.87. The molecule has 0 bridgehead atoms. The molecule has 21 heavy (non-hydrogen) atoms. The van der Waals surface area contributed by atoms with Crippen molar-refractivity contribution in [1.82, 2.24) is 0 Å². The van der Waals surface area contributed by atoms with Gasteiger partial charge in [-0.25, -0.2) is 4.39 Å². The first-order chi connectivity index (χ1) is 9.88. The van der Waals surface area contributed by atoms with E-state index < -0.39 is 11.7 Å². The molecule has 0 radical (unpaired) electrons. The van der Waals surface area contributed by atoms with Crippen molar-refractivity contribution in [2.75, 3.05) is 5.32 Å². The Labute approximate surface area is 131 Å². The molecule has 3 N–H and O–H groups in total. The molecule has 0 fully saturated rings. The highest BCUT2D eigenvalue weighted by atomic mass is 35.5. The van der Waals surface area contributed by atoms with Crippen LogP contribution in [0.3, 0.4) is 0 Å². The van der Waals surface area contributed by atoms with Crippen LogP contribution in [0.1, 0.15) is 21.5 Å². The summed E-state index contributed by atoms with van der Waals surface area (Å²) in [6.45, 7) is 1.78. The van der Waals surface area contributed by atoms with Crippen molar-refractivity contribution in [2.24, 2.45) is 5.73 Å². The van der Waals surface area contributed by atoms with Gasteiger partial charge in [-0.3, -0.25) is 4.79 Å². The van der Waals surface area contributed by atoms with Crippen LogP contribution >= 0.6 is 23.8 Å². The topological polar surface area (TPSA) is 55.1 Å². The number of carbonyl (C=O) groups is 1. The molecule has 0 aromatic heterocycles. The maximum atomic E-state index is 13.7. The molecule has 2 rings (SSSR count). The molecule has 0 spiro atoms. The molecule has 2 aromatic rings. The number of anilines is 1. The largest absolute Gasteiger partial charge is 0.389 e. The van der Waals surface area contributed by atoms with E-state index >= 15 is 0 Å². The molecule has 0 unspecified atom stereocenters. The van der Waals surface area contributed by atoms with E-state index in [2.05, 4.69) is 5.32 Å². The van der Waals surface area contributed by atoms with Crippen molar-refractivity contribution in [3.05, 3.63) is 63.9 Å². The Morgan fingerprint density at radius 1 is 1.29 bits per heavy atom. The molecule has 0 aliphatic rings. The molecule has 0 aliphatic carbocycles. The number of thiocarbonyl (C=S) groups is 1. The van der Waals surface area contributed by atoms with E-state index in [1.165, 1.54) is 12.1 Å². The van der Waals surface area contributed by atoms with Gasteiger partial charge in [0, 0.05) is 5.56 Å². The molecule has 0 saturated carbocycles. The first-order valence-corrected chi connectivity index (χ1v) is 6.84. The molecule has 6 heteroatoms. The normalized spacial score (nSPS) is 10.2. The van der Waals surface area contributed by atoms with E-state index in [0.717, 1.165) is 5.56 Å². The molecule has 0 heterocycles. The zero-order valence-corrected chi connectivity index (χ0v) is 12.7. The summed E-state index contributed by atoms with van der Waals surface area (Å²) < 4.78 is 13.7. The smallest absolute Gasteiger partial charge is 0.258 e. The Morgan fingerprint density at radius 3 is 2.62 bits per heavy atom. The van der Waals surface area contributed by atoms with Crippen LogP contribution in [0, 0.1) is 12.7 Å². The van der Waals surface area contributed by atoms with Gasteiger partial charge in [0.2, 0.25) is 0 Å². The van der Waals surface area contributed by atoms with Crippen molar-refractivity contribution < 1.29 is 9.18 Å². The number of amides is 1. The number of nitrogens with two attached hydrogens (primary N) is 1. The Bertz CT molecular complexity index is 734. The van der Waals surface area contributed by atoms with Crippen molar-refractivity contribution in [3.8, 4) is 0 Å². The molecular formula is C15H12ClFN2OS. The van der Waals surface area contributed by atoms with Crippen LogP contribution in [-0.2, 0) is 0 Å². The average molecular weight is 323 g/mol. The predicted molar refractivity (Wildman–Crippen MR) is 86.4 cm³/mol. The second-order valence-electron chi connectivity index (χ2n) is 4.50. The minimum atomic E-state index is -0.589. The molecular weight excluding hydrogens is 311 g/mol. The van der Waals surface area contributed by atoms with E-state index in [9.17, 15) is 9.18 Å². The Morgan fingerprint density at radius 2 is 2.00 bits per heavy atom. The summed E-state index contributed by atoms with van der Waals surface area (Å²) in [5.41, 5.74) is 7.20. The van der Waals surface area contributed by atoms with Crippen LogP contribution in [-0.4, -0.2) is 10.9 Å². The lowest BCUT2D eigenvalue weighted by molar-refractivity contribution is 0.102. The maximum absolute atomic E-state index is 13.7. The van der Waals surface area contributed by atoms with Gasteiger partial charge in [0.15, 0.2) is 0 Å². The van der Waals surface area contributed by atoms with Gasteiger partial charge in [0.25, 0.3) is 5.91 Å². The lowest BCUT2D eigenvalue weighted by Crippen LogP contribution is -2.15. The number of nitrogens with one attached hydrogen (secondary N) is 1. The second-order valence-corrected chi connectivity index (χ2v) is 5.34. The SMILES string of the molecule is Cc1ccc(F)c(C(=O)Nc2ccc(C(N)=S)cc2Cl)c1. The fourth-order valence-electron chi connectivity index (χ4n) is 1.77.